The molecule has 0 amide bonds. The number of ether oxygens (including phenoxy) is 1. The lowest BCUT2D eigenvalue weighted by atomic mass is 10.2. The van der Waals surface area contributed by atoms with Gasteiger partial charge in [-0.1, -0.05) is 0 Å². The molecule has 126 valence electrons. The summed E-state index contributed by atoms with van der Waals surface area (Å²) in [7, 11) is 0. The predicted octanol–water partition coefficient (Wildman–Crippen LogP) is 1.97. The zero-order valence-corrected chi connectivity index (χ0v) is 13.8. The number of hydrogen-bond acceptors (Lipinski definition) is 6. The highest BCUT2D eigenvalue weighted by atomic mass is 16.5. The molecule has 7 nitrogen and oxygen atoms in total. The second-order valence-electron chi connectivity index (χ2n) is 5.96. The Hall–Kier alpha value is -3.22. The van der Waals surface area contributed by atoms with E-state index in [9.17, 15) is 4.79 Å². The van der Waals surface area contributed by atoms with E-state index in [2.05, 4.69) is 25.1 Å². The number of anilines is 1. The maximum Gasteiger partial charge on any atom is 0.269 e. The Bertz CT molecular complexity index is 955. The number of rotatable bonds is 4. The van der Waals surface area contributed by atoms with Crippen molar-refractivity contribution in [3.63, 3.8) is 0 Å². The lowest BCUT2D eigenvalue weighted by Crippen LogP contribution is -2.21. The van der Waals surface area contributed by atoms with E-state index in [1.807, 2.05) is 24.3 Å². The van der Waals surface area contributed by atoms with Gasteiger partial charge in [0.2, 0.25) is 5.88 Å². The summed E-state index contributed by atoms with van der Waals surface area (Å²) in [5.41, 5.74) is 4.48. The lowest BCUT2D eigenvalue weighted by Gasteiger charge is -2.18. The Kier molecular flexibility index (Phi) is 3.89. The zero-order valence-electron chi connectivity index (χ0n) is 13.8. The van der Waals surface area contributed by atoms with Crippen LogP contribution in [0.4, 0.5) is 5.69 Å². The van der Waals surface area contributed by atoms with Crippen molar-refractivity contribution < 1.29 is 4.74 Å². The standard InChI is InChI=1S/C18H17N5O2/c1-12-16(8-20-22-18(12)24)23-9-14-2-3-17(21-15(14)10-23)25-11-13-4-6-19-7-5-13/h2-8H,9-11H2,1H3,(H,22,24). The van der Waals surface area contributed by atoms with Crippen LogP contribution in [0.15, 0.2) is 47.7 Å². The monoisotopic (exact) mass is 335 g/mol. The van der Waals surface area contributed by atoms with Crippen molar-refractivity contribution >= 4 is 5.69 Å². The van der Waals surface area contributed by atoms with E-state index in [0.717, 1.165) is 22.5 Å². The van der Waals surface area contributed by atoms with Crippen molar-refractivity contribution in [2.45, 2.75) is 26.6 Å². The third kappa shape index (κ3) is 3.08. The van der Waals surface area contributed by atoms with Gasteiger partial charge >= 0.3 is 0 Å². The molecule has 1 aliphatic rings. The minimum atomic E-state index is -0.164. The van der Waals surface area contributed by atoms with Crippen LogP contribution >= 0.6 is 0 Å². The first-order valence-corrected chi connectivity index (χ1v) is 8.00. The van der Waals surface area contributed by atoms with Gasteiger partial charge in [0.05, 0.1) is 24.1 Å². The maximum absolute atomic E-state index is 11.8. The van der Waals surface area contributed by atoms with Gasteiger partial charge in [0, 0.05) is 30.6 Å². The van der Waals surface area contributed by atoms with E-state index >= 15 is 0 Å². The highest BCUT2D eigenvalue weighted by molar-refractivity contribution is 5.53. The van der Waals surface area contributed by atoms with Gasteiger partial charge < -0.3 is 9.64 Å². The molecular weight excluding hydrogens is 318 g/mol. The van der Waals surface area contributed by atoms with Crippen LogP contribution in [0.25, 0.3) is 0 Å². The molecule has 4 heterocycles. The van der Waals surface area contributed by atoms with E-state index in [-0.39, 0.29) is 5.56 Å². The molecule has 3 aromatic heterocycles. The van der Waals surface area contributed by atoms with Gasteiger partial charge in [-0.3, -0.25) is 9.78 Å². The number of hydrogen-bond donors (Lipinski definition) is 1. The summed E-state index contributed by atoms with van der Waals surface area (Å²) in [6.07, 6.45) is 5.17. The summed E-state index contributed by atoms with van der Waals surface area (Å²) in [6.45, 7) is 3.59. The molecule has 0 spiro atoms. The molecule has 0 bridgehead atoms. The molecule has 0 aromatic carbocycles. The SMILES string of the molecule is Cc1c(N2Cc3ccc(OCc4ccncc4)nc3C2)cn[nH]c1=O. The van der Waals surface area contributed by atoms with E-state index in [4.69, 9.17) is 4.74 Å². The molecule has 0 saturated carbocycles. The average molecular weight is 335 g/mol. The molecule has 1 N–H and O–H groups in total. The molecule has 0 saturated heterocycles. The van der Waals surface area contributed by atoms with Crippen LogP contribution < -0.4 is 15.2 Å². The zero-order chi connectivity index (χ0) is 17.2. The van der Waals surface area contributed by atoms with Crippen molar-refractivity contribution in [3.8, 4) is 5.88 Å². The Morgan fingerprint density at radius 3 is 2.88 bits per heavy atom. The van der Waals surface area contributed by atoms with Crippen LogP contribution in [0.1, 0.15) is 22.4 Å². The molecule has 4 rings (SSSR count). The molecule has 0 radical (unpaired) electrons. The number of nitrogens with one attached hydrogen (secondary N) is 1. The second kappa shape index (κ2) is 6.35. The summed E-state index contributed by atoms with van der Waals surface area (Å²) >= 11 is 0. The van der Waals surface area contributed by atoms with Gasteiger partial charge in [-0.2, -0.15) is 5.10 Å². The molecule has 25 heavy (non-hydrogen) atoms. The number of pyridine rings is 2. The third-order valence-electron chi connectivity index (χ3n) is 4.30. The van der Waals surface area contributed by atoms with Crippen LogP contribution in [0.2, 0.25) is 0 Å². The Morgan fingerprint density at radius 1 is 1.20 bits per heavy atom. The molecular formula is C18H17N5O2. The minimum Gasteiger partial charge on any atom is -0.473 e. The fourth-order valence-corrected chi connectivity index (χ4v) is 2.89. The number of aromatic amines is 1. The van der Waals surface area contributed by atoms with Crippen LogP contribution in [-0.4, -0.2) is 20.2 Å². The van der Waals surface area contributed by atoms with Crippen LogP contribution in [0.5, 0.6) is 5.88 Å². The van der Waals surface area contributed by atoms with E-state index in [1.54, 1.807) is 25.5 Å². The van der Waals surface area contributed by atoms with Crippen molar-refractivity contribution in [1.29, 1.82) is 0 Å². The van der Waals surface area contributed by atoms with Gasteiger partial charge in [0.15, 0.2) is 0 Å². The molecule has 0 unspecified atom stereocenters. The fraction of sp³-hybridized carbons (Fsp3) is 0.222. The predicted molar refractivity (Wildman–Crippen MR) is 92.3 cm³/mol. The first-order valence-electron chi connectivity index (χ1n) is 8.00. The van der Waals surface area contributed by atoms with Crippen LogP contribution in [0, 0.1) is 6.92 Å². The van der Waals surface area contributed by atoms with Gasteiger partial charge in [0.1, 0.15) is 6.61 Å². The van der Waals surface area contributed by atoms with E-state index in [0.29, 0.717) is 31.1 Å². The Labute approximate surface area is 144 Å². The average Bonchev–Trinajstić information content (AvgIpc) is 3.06. The smallest absolute Gasteiger partial charge is 0.269 e. The number of nitrogens with zero attached hydrogens (tertiary/aromatic N) is 4. The van der Waals surface area contributed by atoms with E-state index < -0.39 is 0 Å². The van der Waals surface area contributed by atoms with Crippen molar-refractivity contribution in [2.24, 2.45) is 0 Å². The van der Waals surface area contributed by atoms with Crippen LogP contribution in [-0.2, 0) is 19.7 Å². The molecule has 0 aliphatic carbocycles. The quantitative estimate of drug-likeness (QED) is 0.785. The number of aromatic nitrogens is 4. The minimum absolute atomic E-state index is 0.164. The van der Waals surface area contributed by atoms with E-state index in [1.165, 1.54) is 0 Å². The first-order chi connectivity index (χ1) is 12.2. The molecule has 1 aliphatic heterocycles. The summed E-state index contributed by atoms with van der Waals surface area (Å²) in [6, 6.07) is 7.74. The highest BCUT2D eigenvalue weighted by Gasteiger charge is 2.23. The molecule has 7 heteroatoms. The van der Waals surface area contributed by atoms with Crippen molar-refractivity contribution in [3.05, 3.63) is 75.6 Å². The van der Waals surface area contributed by atoms with Gasteiger partial charge in [0.25, 0.3) is 5.56 Å². The van der Waals surface area contributed by atoms with Crippen molar-refractivity contribution in [2.75, 3.05) is 4.90 Å². The van der Waals surface area contributed by atoms with Crippen LogP contribution in [0.3, 0.4) is 0 Å². The normalized spacial score (nSPS) is 12.9. The number of H-pyrrole nitrogens is 1. The topological polar surface area (TPSA) is 84.0 Å². The Balaban J connectivity index is 1.50. The molecule has 0 atom stereocenters. The second-order valence-corrected chi connectivity index (χ2v) is 5.96. The lowest BCUT2D eigenvalue weighted by molar-refractivity contribution is 0.293. The van der Waals surface area contributed by atoms with Crippen molar-refractivity contribution in [1.82, 2.24) is 20.2 Å². The molecule has 0 fully saturated rings. The number of fused-ring (bicyclic) bond motifs is 1. The summed E-state index contributed by atoms with van der Waals surface area (Å²) < 4.78 is 5.78. The molecule has 3 aromatic rings. The van der Waals surface area contributed by atoms with Gasteiger partial charge in [-0.05, 0) is 36.2 Å². The summed E-state index contributed by atoms with van der Waals surface area (Å²) in [5.74, 6) is 0.596. The Morgan fingerprint density at radius 2 is 2.04 bits per heavy atom. The highest BCUT2D eigenvalue weighted by Crippen LogP contribution is 2.29. The first kappa shape index (κ1) is 15.3. The maximum atomic E-state index is 11.8. The van der Waals surface area contributed by atoms with Gasteiger partial charge in [-0.25, -0.2) is 10.1 Å². The van der Waals surface area contributed by atoms with Gasteiger partial charge in [-0.15, -0.1) is 0 Å². The fourth-order valence-electron chi connectivity index (χ4n) is 2.89. The summed E-state index contributed by atoms with van der Waals surface area (Å²) in [4.78, 5) is 22.5. The summed E-state index contributed by atoms with van der Waals surface area (Å²) in [5, 5.41) is 6.36. The third-order valence-corrected chi connectivity index (χ3v) is 4.30. The largest absolute Gasteiger partial charge is 0.473 e.